The fourth-order valence-electron chi connectivity index (χ4n) is 3.45. The van der Waals surface area contributed by atoms with Crippen molar-refractivity contribution in [3.8, 4) is 0 Å². The molecule has 1 heterocycles. The first kappa shape index (κ1) is 22.8. The number of nitrogens with zero attached hydrogens (tertiary/aromatic N) is 2. The number of piperazine rings is 1. The zero-order valence-corrected chi connectivity index (χ0v) is 18.7. The van der Waals surface area contributed by atoms with Gasteiger partial charge in [-0.25, -0.2) is 13.2 Å². The molecular formula is C22H27N3O5S. The SMILES string of the molecule is CCOC(=O)Nc1cccc(C(=O)N2CCN(S(=O)(=O)c3cc(C)ccc3C)CC2)c1. The number of amides is 2. The van der Waals surface area contributed by atoms with Crippen LogP contribution in [0.5, 0.6) is 0 Å². The van der Waals surface area contributed by atoms with Gasteiger partial charge >= 0.3 is 6.09 Å². The van der Waals surface area contributed by atoms with Crippen LogP contribution in [0.15, 0.2) is 47.4 Å². The van der Waals surface area contributed by atoms with E-state index in [9.17, 15) is 18.0 Å². The summed E-state index contributed by atoms with van der Waals surface area (Å²) >= 11 is 0. The third kappa shape index (κ3) is 5.23. The monoisotopic (exact) mass is 445 g/mol. The first-order valence-corrected chi connectivity index (χ1v) is 11.6. The Morgan fingerprint density at radius 2 is 1.74 bits per heavy atom. The molecule has 0 unspecified atom stereocenters. The van der Waals surface area contributed by atoms with E-state index in [-0.39, 0.29) is 25.6 Å². The van der Waals surface area contributed by atoms with Crippen LogP contribution in [0.2, 0.25) is 0 Å². The topological polar surface area (TPSA) is 96.0 Å². The molecule has 1 fully saturated rings. The highest BCUT2D eigenvalue weighted by molar-refractivity contribution is 7.89. The maximum atomic E-state index is 13.1. The molecular weight excluding hydrogens is 418 g/mol. The highest BCUT2D eigenvalue weighted by Gasteiger charge is 2.31. The number of sulfonamides is 1. The minimum Gasteiger partial charge on any atom is -0.450 e. The Morgan fingerprint density at radius 3 is 2.42 bits per heavy atom. The number of carbonyl (C=O) groups excluding carboxylic acids is 2. The van der Waals surface area contributed by atoms with E-state index in [1.165, 1.54) is 4.31 Å². The third-order valence-corrected chi connectivity index (χ3v) is 7.16. The van der Waals surface area contributed by atoms with E-state index < -0.39 is 16.1 Å². The molecule has 8 nitrogen and oxygen atoms in total. The average molecular weight is 446 g/mol. The molecule has 2 aromatic rings. The molecule has 1 N–H and O–H groups in total. The predicted molar refractivity (Wildman–Crippen MR) is 118 cm³/mol. The number of nitrogens with one attached hydrogen (secondary N) is 1. The number of aryl methyl sites for hydroxylation is 2. The van der Waals surface area contributed by atoms with Crippen molar-refractivity contribution in [3.63, 3.8) is 0 Å². The van der Waals surface area contributed by atoms with Gasteiger partial charge in [-0.2, -0.15) is 4.31 Å². The van der Waals surface area contributed by atoms with Gasteiger partial charge in [0.15, 0.2) is 0 Å². The van der Waals surface area contributed by atoms with E-state index in [1.807, 2.05) is 13.0 Å². The molecule has 1 saturated heterocycles. The summed E-state index contributed by atoms with van der Waals surface area (Å²) in [4.78, 5) is 26.4. The van der Waals surface area contributed by atoms with Crippen LogP contribution in [0, 0.1) is 13.8 Å². The van der Waals surface area contributed by atoms with Crippen LogP contribution < -0.4 is 5.32 Å². The summed E-state index contributed by atoms with van der Waals surface area (Å²) in [5.41, 5.74) is 2.46. The van der Waals surface area contributed by atoms with Gasteiger partial charge in [-0.05, 0) is 56.2 Å². The Labute approximate surface area is 182 Å². The molecule has 0 saturated carbocycles. The normalized spacial score (nSPS) is 14.9. The number of anilines is 1. The lowest BCUT2D eigenvalue weighted by Crippen LogP contribution is -2.50. The Balaban J connectivity index is 1.67. The molecule has 31 heavy (non-hydrogen) atoms. The molecule has 3 rings (SSSR count). The van der Waals surface area contributed by atoms with Crippen molar-refractivity contribution >= 4 is 27.7 Å². The summed E-state index contributed by atoms with van der Waals surface area (Å²) in [7, 11) is -3.62. The van der Waals surface area contributed by atoms with Crippen LogP contribution in [0.25, 0.3) is 0 Å². The highest BCUT2D eigenvalue weighted by Crippen LogP contribution is 2.23. The lowest BCUT2D eigenvalue weighted by molar-refractivity contribution is 0.0698. The van der Waals surface area contributed by atoms with E-state index in [4.69, 9.17) is 4.74 Å². The van der Waals surface area contributed by atoms with Crippen LogP contribution in [0.1, 0.15) is 28.4 Å². The molecule has 0 aliphatic carbocycles. The van der Waals surface area contributed by atoms with E-state index in [2.05, 4.69) is 5.32 Å². The van der Waals surface area contributed by atoms with Gasteiger partial charge < -0.3 is 9.64 Å². The predicted octanol–water partition coefficient (Wildman–Crippen LogP) is 3.02. The number of hydrogen-bond donors (Lipinski definition) is 1. The van der Waals surface area contributed by atoms with E-state index in [1.54, 1.807) is 55.1 Å². The van der Waals surface area contributed by atoms with Gasteiger partial charge in [0.1, 0.15) is 0 Å². The Bertz CT molecular complexity index is 1080. The fraction of sp³-hybridized carbons (Fsp3) is 0.364. The molecule has 1 aliphatic rings. The second kappa shape index (κ2) is 9.49. The molecule has 0 atom stereocenters. The molecule has 9 heteroatoms. The van der Waals surface area contributed by atoms with Gasteiger partial charge in [0.25, 0.3) is 5.91 Å². The number of carbonyl (C=O) groups is 2. The zero-order chi connectivity index (χ0) is 22.6. The standard InChI is InChI=1S/C22H27N3O5S/c1-4-30-22(27)23-19-7-5-6-18(15-19)21(26)24-10-12-25(13-11-24)31(28,29)20-14-16(2)8-9-17(20)3/h5-9,14-15H,4,10-13H2,1-3H3,(H,23,27). The Morgan fingerprint density at radius 1 is 1.03 bits per heavy atom. The van der Waals surface area contributed by atoms with Crippen LogP contribution in [0.3, 0.4) is 0 Å². The van der Waals surface area contributed by atoms with Gasteiger partial charge in [0.2, 0.25) is 10.0 Å². The smallest absolute Gasteiger partial charge is 0.411 e. The van der Waals surface area contributed by atoms with Crippen molar-refractivity contribution in [2.45, 2.75) is 25.7 Å². The summed E-state index contributed by atoms with van der Waals surface area (Å²) in [5, 5.41) is 2.58. The third-order valence-electron chi connectivity index (χ3n) is 5.12. The molecule has 2 aromatic carbocycles. The van der Waals surface area contributed by atoms with Crippen LogP contribution >= 0.6 is 0 Å². The minimum absolute atomic E-state index is 0.212. The molecule has 1 aliphatic heterocycles. The van der Waals surface area contributed by atoms with Crippen LogP contribution in [0.4, 0.5) is 10.5 Å². The zero-order valence-electron chi connectivity index (χ0n) is 17.9. The lowest BCUT2D eigenvalue weighted by Gasteiger charge is -2.34. The second-order valence-corrected chi connectivity index (χ2v) is 9.30. The first-order chi connectivity index (χ1) is 14.7. The first-order valence-electron chi connectivity index (χ1n) is 10.1. The number of ether oxygens (including phenoxy) is 1. The van der Waals surface area contributed by atoms with E-state index >= 15 is 0 Å². The molecule has 166 valence electrons. The molecule has 0 spiro atoms. The van der Waals surface area contributed by atoms with Gasteiger partial charge in [0.05, 0.1) is 11.5 Å². The number of hydrogen-bond acceptors (Lipinski definition) is 5. The minimum atomic E-state index is -3.62. The summed E-state index contributed by atoms with van der Waals surface area (Å²) in [6.45, 7) is 6.63. The maximum absolute atomic E-state index is 13.1. The summed E-state index contributed by atoms with van der Waals surface area (Å²) < 4.78 is 32.4. The second-order valence-electron chi connectivity index (χ2n) is 7.39. The number of benzene rings is 2. The Kier molecular flexibility index (Phi) is 6.97. The summed E-state index contributed by atoms with van der Waals surface area (Å²) in [6, 6.07) is 12.0. The van der Waals surface area contributed by atoms with Crippen molar-refractivity contribution < 1.29 is 22.7 Å². The van der Waals surface area contributed by atoms with Crippen molar-refractivity contribution in [3.05, 3.63) is 59.2 Å². The molecule has 0 radical (unpaired) electrons. The Hall–Kier alpha value is -2.91. The van der Waals surface area contributed by atoms with Crippen LogP contribution in [-0.4, -0.2) is 62.4 Å². The van der Waals surface area contributed by atoms with Gasteiger partial charge in [-0.1, -0.05) is 18.2 Å². The number of rotatable bonds is 5. The summed E-state index contributed by atoms with van der Waals surface area (Å²) in [5.74, 6) is -0.212. The average Bonchev–Trinajstić information content (AvgIpc) is 2.75. The highest BCUT2D eigenvalue weighted by atomic mass is 32.2. The summed E-state index contributed by atoms with van der Waals surface area (Å²) in [6.07, 6.45) is -0.586. The molecule has 2 amide bonds. The van der Waals surface area contributed by atoms with Gasteiger partial charge in [0, 0.05) is 37.4 Å². The maximum Gasteiger partial charge on any atom is 0.411 e. The van der Waals surface area contributed by atoms with Crippen molar-refractivity contribution in [2.75, 3.05) is 38.1 Å². The largest absolute Gasteiger partial charge is 0.450 e. The van der Waals surface area contributed by atoms with E-state index in [0.29, 0.717) is 34.8 Å². The van der Waals surface area contributed by atoms with Crippen molar-refractivity contribution in [2.24, 2.45) is 0 Å². The van der Waals surface area contributed by atoms with Crippen molar-refractivity contribution in [1.82, 2.24) is 9.21 Å². The lowest BCUT2D eigenvalue weighted by atomic mass is 10.1. The molecule has 0 bridgehead atoms. The quantitative estimate of drug-likeness (QED) is 0.763. The van der Waals surface area contributed by atoms with Gasteiger partial charge in [-0.3, -0.25) is 10.1 Å². The molecule has 0 aromatic heterocycles. The van der Waals surface area contributed by atoms with E-state index in [0.717, 1.165) is 5.56 Å². The fourth-order valence-corrected chi connectivity index (χ4v) is 5.19. The van der Waals surface area contributed by atoms with Crippen LogP contribution in [-0.2, 0) is 14.8 Å². The van der Waals surface area contributed by atoms with Gasteiger partial charge in [-0.15, -0.1) is 0 Å². The van der Waals surface area contributed by atoms with Crippen molar-refractivity contribution in [1.29, 1.82) is 0 Å².